The zero-order chi connectivity index (χ0) is 17.1. The third-order valence-corrected chi connectivity index (χ3v) is 4.11. The van der Waals surface area contributed by atoms with Crippen molar-refractivity contribution < 1.29 is 9.59 Å². The van der Waals surface area contributed by atoms with Gasteiger partial charge in [0.25, 0.3) is 5.91 Å². The smallest absolute Gasteiger partial charge is 0.251 e. The number of benzene rings is 1. The maximum absolute atomic E-state index is 11.9. The fourth-order valence-corrected chi connectivity index (χ4v) is 2.44. The normalized spacial score (nSPS) is 11.8. The van der Waals surface area contributed by atoms with Gasteiger partial charge in [-0.25, -0.2) is 0 Å². The monoisotopic (exact) mass is 337 g/mol. The lowest BCUT2D eigenvalue weighted by molar-refractivity contribution is -0.122. The average molecular weight is 337 g/mol. The van der Waals surface area contributed by atoms with Crippen LogP contribution in [0.25, 0.3) is 0 Å². The van der Waals surface area contributed by atoms with E-state index >= 15 is 0 Å². The van der Waals surface area contributed by atoms with Gasteiger partial charge in [0.15, 0.2) is 0 Å². The van der Waals surface area contributed by atoms with E-state index < -0.39 is 6.04 Å². The number of hydrogen-bond donors (Lipinski definition) is 3. The number of nitrogens with one attached hydrogen (secondary N) is 2. The van der Waals surface area contributed by atoms with Crippen molar-refractivity contribution in [2.24, 2.45) is 5.73 Å². The quantitative estimate of drug-likeness (QED) is 0.570. The molecular formula is C17H27N3O2S. The number of unbranched alkanes of at least 4 members (excludes halogenated alkanes) is 1. The highest BCUT2D eigenvalue weighted by Crippen LogP contribution is 2.05. The molecule has 0 aromatic heterocycles. The van der Waals surface area contributed by atoms with Gasteiger partial charge in [0.05, 0.1) is 6.04 Å². The van der Waals surface area contributed by atoms with Crippen LogP contribution in [0, 0.1) is 0 Å². The third kappa shape index (κ3) is 7.52. The molecule has 1 aromatic carbocycles. The highest BCUT2D eigenvalue weighted by molar-refractivity contribution is 7.98. The fraction of sp³-hybridized carbons (Fsp3) is 0.529. The van der Waals surface area contributed by atoms with Gasteiger partial charge in [-0.3, -0.25) is 9.59 Å². The molecule has 0 spiro atoms. The van der Waals surface area contributed by atoms with Crippen LogP contribution in [-0.4, -0.2) is 36.4 Å². The van der Waals surface area contributed by atoms with Crippen molar-refractivity contribution in [3.63, 3.8) is 0 Å². The van der Waals surface area contributed by atoms with E-state index in [-0.39, 0.29) is 11.8 Å². The molecule has 0 unspecified atom stereocenters. The van der Waals surface area contributed by atoms with Crippen LogP contribution in [-0.2, 0) is 11.3 Å². The molecule has 0 heterocycles. The summed E-state index contributed by atoms with van der Waals surface area (Å²) in [5, 5.41) is 5.70. The van der Waals surface area contributed by atoms with Crippen molar-refractivity contribution in [1.82, 2.24) is 10.6 Å². The Labute approximate surface area is 142 Å². The maximum Gasteiger partial charge on any atom is 0.251 e. The molecule has 0 aliphatic heterocycles. The minimum Gasteiger partial charge on any atom is -0.352 e. The van der Waals surface area contributed by atoms with Crippen LogP contribution in [0.1, 0.15) is 42.1 Å². The first-order valence-corrected chi connectivity index (χ1v) is 9.37. The molecule has 1 atom stereocenters. The molecule has 0 aliphatic carbocycles. The predicted octanol–water partition coefficient (Wildman–Crippen LogP) is 1.91. The summed E-state index contributed by atoms with van der Waals surface area (Å²) >= 11 is 1.68. The number of carbonyl (C=O) groups is 2. The van der Waals surface area contributed by atoms with Crippen LogP contribution in [0.2, 0.25) is 0 Å². The van der Waals surface area contributed by atoms with Crippen LogP contribution < -0.4 is 16.4 Å². The van der Waals surface area contributed by atoms with E-state index in [4.69, 9.17) is 5.73 Å². The summed E-state index contributed by atoms with van der Waals surface area (Å²) in [6.45, 7) is 3.20. The second kappa shape index (κ2) is 11.1. The van der Waals surface area contributed by atoms with E-state index in [9.17, 15) is 9.59 Å². The molecule has 0 saturated heterocycles. The summed E-state index contributed by atoms with van der Waals surface area (Å²) in [5.41, 5.74) is 7.39. The van der Waals surface area contributed by atoms with E-state index in [2.05, 4.69) is 17.6 Å². The molecule has 23 heavy (non-hydrogen) atoms. The molecule has 1 aromatic rings. The zero-order valence-electron chi connectivity index (χ0n) is 13.9. The van der Waals surface area contributed by atoms with Gasteiger partial charge in [0, 0.05) is 18.7 Å². The SMILES string of the molecule is CCCCNC(=O)c1ccc(CNC(=O)[C@@H](N)CCSC)cc1. The maximum atomic E-state index is 11.9. The molecule has 5 nitrogen and oxygen atoms in total. The zero-order valence-corrected chi connectivity index (χ0v) is 14.7. The van der Waals surface area contributed by atoms with Crippen LogP contribution >= 0.6 is 11.8 Å². The summed E-state index contributed by atoms with van der Waals surface area (Å²) in [7, 11) is 0. The molecule has 128 valence electrons. The first-order valence-electron chi connectivity index (χ1n) is 7.97. The van der Waals surface area contributed by atoms with E-state index in [0.717, 1.165) is 24.2 Å². The Bertz CT molecular complexity index is 491. The summed E-state index contributed by atoms with van der Waals surface area (Å²) < 4.78 is 0. The Balaban J connectivity index is 2.41. The first-order chi connectivity index (χ1) is 11.1. The van der Waals surface area contributed by atoms with Crippen LogP contribution in [0.5, 0.6) is 0 Å². The molecule has 0 fully saturated rings. The van der Waals surface area contributed by atoms with Crippen molar-refractivity contribution in [2.75, 3.05) is 18.6 Å². The number of amides is 2. The summed E-state index contributed by atoms with van der Waals surface area (Å²) in [5.74, 6) is 0.671. The van der Waals surface area contributed by atoms with Gasteiger partial charge in [0.2, 0.25) is 5.91 Å². The second-order valence-electron chi connectivity index (χ2n) is 5.41. The van der Waals surface area contributed by atoms with Gasteiger partial charge in [-0.15, -0.1) is 0 Å². The molecule has 1 rings (SSSR count). The molecule has 0 radical (unpaired) electrons. The number of carbonyl (C=O) groups excluding carboxylic acids is 2. The standard InChI is InChI=1S/C17H27N3O2S/c1-3-4-10-19-16(21)14-7-5-13(6-8-14)12-20-17(22)15(18)9-11-23-2/h5-8,15H,3-4,9-12,18H2,1-2H3,(H,19,21)(H,20,22)/t15-/m0/s1. The largest absolute Gasteiger partial charge is 0.352 e. The second-order valence-corrected chi connectivity index (χ2v) is 6.40. The van der Waals surface area contributed by atoms with Gasteiger partial charge >= 0.3 is 0 Å². The van der Waals surface area contributed by atoms with Crippen molar-refractivity contribution in [3.05, 3.63) is 35.4 Å². The predicted molar refractivity (Wildman–Crippen MR) is 96.5 cm³/mol. The van der Waals surface area contributed by atoms with Crippen LogP contribution in [0.3, 0.4) is 0 Å². The van der Waals surface area contributed by atoms with Crippen molar-refractivity contribution in [3.8, 4) is 0 Å². The number of rotatable bonds is 10. The van der Waals surface area contributed by atoms with E-state index in [1.54, 1.807) is 23.9 Å². The fourth-order valence-electron chi connectivity index (χ4n) is 1.95. The highest BCUT2D eigenvalue weighted by Gasteiger charge is 2.12. The number of hydrogen-bond acceptors (Lipinski definition) is 4. The number of thioether (sulfide) groups is 1. The lowest BCUT2D eigenvalue weighted by Gasteiger charge is -2.12. The van der Waals surface area contributed by atoms with Gasteiger partial charge in [-0.05, 0) is 42.5 Å². The molecule has 4 N–H and O–H groups in total. The van der Waals surface area contributed by atoms with E-state index in [1.165, 1.54) is 0 Å². The van der Waals surface area contributed by atoms with Gasteiger partial charge < -0.3 is 16.4 Å². The van der Waals surface area contributed by atoms with Gasteiger partial charge in [-0.2, -0.15) is 11.8 Å². The molecule has 6 heteroatoms. The van der Waals surface area contributed by atoms with Crippen molar-refractivity contribution in [1.29, 1.82) is 0 Å². The summed E-state index contributed by atoms with van der Waals surface area (Å²) in [6.07, 6.45) is 4.69. The van der Waals surface area contributed by atoms with Crippen LogP contribution in [0.4, 0.5) is 0 Å². The Morgan fingerprint density at radius 3 is 2.52 bits per heavy atom. The first kappa shape index (κ1) is 19.5. The van der Waals surface area contributed by atoms with Gasteiger partial charge in [-0.1, -0.05) is 25.5 Å². The molecule has 2 amide bonds. The minimum atomic E-state index is -0.467. The average Bonchev–Trinajstić information content (AvgIpc) is 2.58. The van der Waals surface area contributed by atoms with E-state index in [1.807, 2.05) is 18.4 Å². The Kier molecular flexibility index (Phi) is 9.40. The molecule has 0 bridgehead atoms. The summed E-state index contributed by atoms with van der Waals surface area (Å²) in [6, 6.07) is 6.78. The van der Waals surface area contributed by atoms with Crippen molar-refractivity contribution in [2.45, 2.75) is 38.8 Å². The molecular weight excluding hydrogens is 310 g/mol. The number of nitrogens with two attached hydrogens (primary N) is 1. The molecule has 0 saturated carbocycles. The minimum absolute atomic E-state index is 0.0619. The highest BCUT2D eigenvalue weighted by atomic mass is 32.2. The Morgan fingerprint density at radius 2 is 1.91 bits per heavy atom. The summed E-state index contributed by atoms with van der Waals surface area (Å²) in [4.78, 5) is 23.7. The lowest BCUT2D eigenvalue weighted by Crippen LogP contribution is -2.40. The van der Waals surface area contributed by atoms with Crippen molar-refractivity contribution >= 4 is 23.6 Å². The van der Waals surface area contributed by atoms with E-state index in [0.29, 0.717) is 25.1 Å². The molecule has 0 aliphatic rings. The third-order valence-electron chi connectivity index (χ3n) is 3.47. The van der Waals surface area contributed by atoms with Gasteiger partial charge in [0.1, 0.15) is 0 Å². The van der Waals surface area contributed by atoms with Crippen LogP contribution in [0.15, 0.2) is 24.3 Å². The topological polar surface area (TPSA) is 84.2 Å². The Morgan fingerprint density at radius 1 is 1.22 bits per heavy atom. The lowest BCUT2D eigenvalue weighted by atomic mass is 10.1. The Hall–Kier alpha value is -1.53.